The van der Waals surface area contributed by atoms with Gasteiger partial charge in [-0.3, -0.25) is 0 Å². The van der Waals surface area contributed by atoms with Crippen molar-refractivity contribution in [2.24, 2.45) is 0 Å². The summed E-state index contributed by atoms with van der Waals surface area (Å²) in [5.74, 6) is 0.149. The maximum atomic E-state index is 5.78. The molecule has 17 heavy (non-hydrogen) atoms. The summed E-state index contributed by atoms with van der Waals surface area (Å²) in [6.45, 7) is 2.81. The summed E-state index contributed by atoms with van der Waals surface area (Å²) in [5.41, 5.74) is 5.50. The normalized spacial score (nSPS) is 10.5. The molecule has 0 spiro atoms. The summed E-state index contributed by atoms with van der Waals surface area (Å²) in [6, 6.07) is 1.64. The van der Waals surface area contributed by atoms with Crippen LogP contribution in [0.2, 0.25) is 5.15 Å². The largest absolute Gasteiger partial charge is 0.368 e. The molecular weight excluding hydrogens is 280 g/mol. The number of rotatable bonds is 4. The Morgan fingerprint density at radius 2 is 2.29 bits per heavy atom. The molecule has 0 aromatic carbocycles. The third-order valence-electron chi connectivity index (χ3n) is 1.62. The van der Waals surface area contributed by atoms with E-state index in [0.717, 1.165) is 16.0 Å². The summed E-state index contributed by atoms with van der Waals surface area (Å²) in [7, 11) is 0. The first-order valence-electron chi connectivity index (χ1n) is 4.72. The minimum atomic E-state index is 0.149. The lowest BCUT2D eigenvalue weighted by molar-refractivity contribution is 0.995. The van der Waals surface area contributed by atoms with Crippen molar-refractivity contribution in [1.82, 2.24) is 20.2 Å². The molecule has 0 radical (unpaired) electrons. The van der Waals surface area contributed by atoms with Gasteiger partial charge in [0.1, 0.15) is 10.2 Å². The van der Waals surface area contributed by atoms with Crippen LogP contribution in [-0.4, -0.2) is 26.7 Å². The van der Waals surface area contributed by atoms with Gasteiger partial charge in [-0.05, 0) is 18.7 Å². The Morgan fingerprint density at radius 3 is 3.00 bits per heavy atom. The quantitative estimate of drug-likeness (QED) is 0.833. The number of nitrogens with one attached hydrogen (secondary N) is 1. The van der Waals surface area contributed by atoms with E-state index in [-0.39, 0.29) is 5.95 Å². The second-order valence-electron chi connectivity index (χ2n) is 2.89. The molecule has 0 bridgehead atoms. The number of hydrogen-bond acceptors (Lipinski definition) is 8. The van der Waals surface area contributed by atoms with Crippen LogP contribution in [0, 0.1) is 0 Å². The van der Waals surface area contributed by atoms with Gasteiger partial charge in [-0.1, -0.05) is 22.9 Å². The zero-order chi connectivity index (χ0) is 12.3. The smallest absolute Gasteiger partial charge is 0.222 e. The van der Waals surface area contributed by atoms with Gasteiger partial charge in [0.15, 0.2) is 4.34 Å². The van der Waals surface area contributed by atoms with Crippen molar-refractivity contribution >= 4 is 45.8 Å². The van der Waals surface area contributed by atoms with E-state index in [0.29, 0.717) is 10.2 Å². The van der Waals surface area contributed by atoms with Crippen molar-refractivity contribution in [3.63, 3.8) is 0 Å². The Morgan fingerprint density at radius 1 is 1.47 bits per heavy atom. The summed E-state index contributed by atoms with van der Waals surface area (Å²) in [4.78, 5) is 7.83. The van der Waals surface area contributed by atoms with Crippen molar-refractivity contribution < 1.29 is 0 Å². The molecule has 6 nitrogen and oxygen atoms in total. The SMILES string of the molecule is CCNc1nnc(Sc2cc(Cl)nc(N)n2)s1. The molecule has 0 amide bonds. The van der Waals surface area contributed by atoms with Crippen molar-refractivity contribution in [3.05, 3.63) is 11.2 Å². The van der Waals surface area contributed by atoms with Gasteiger partial charge in [0.2, 0.25) is 11.1 Å². The third-order valence-corrected chi connectivity index (χ3v) is 3.66. The lowest BCUT2D eigenvalue weighted by atomic mass is 10.7. The molecule has 0 aliphatic heterocycles. The highest BCUT2D eigenvalue weighted by molar-refractivity contribution is 8.01. The van der Waals surface area contributed by atoms with Crippen LogP contribution in [-0.2, 0) is 0 Å². The average molecular weight is 289 g/mol. The van der Waals surface area contributed by atoms with Crippen molar-refractivity contribution in [1.29, 1.82) is 0 Å². The Bertz CT molecular complexity index is 496. The molecule has 2 aromatic rings. The molecule has 3 N–H and O–H groups in total. The van der Waals surface area contributed by atoms with Gasteiger partial charge < -0.3 is 11.1 Å². The highest BCUT2D eigenvalue weighted by Crippen LogP contribution is 2.31. The van der Waals surface area contributed by atoms with Gasteiger partial charge in [0.25, 0.3) is 0 Å². The first-order chi connectivity index (χ1) is 8.17. The number of hydrogen-bond donors (Lipinski definition) is 2. The van der Waals surface area contributed by atoms with Crippen molar-refractivity contribution in [2.75, 3.05) is 17.6 Å². The van der Waals surface area contributed by atoms with Gasteiger partial charge in [0, 0.05) is 12.6 Å². The van der Waals surface area contributed by atoms with Gasteiger partial charge in [-0.15, -0.1) is 10.2 Å². The second kappa shape index (κ2) is 5.48. The molecule has 2 aromatic heterocycles. The Balaban J connectivity index is 2.13. The average Bonchev–Trinajstić information content (AvgIpc) is 2.64. The molecular formula is C8H9ClN6S2. The molecule has 9 heteroatoms. The lowest BCUT2D eigenvalue weighted by Crippen LogP contribution is -1.95. The monoisotopic (exact) mass is 288 g/mol. The first kappa shape index (κ1) is 12.3. The molecule has 2 heterocycles. The Kier molecular flexibility index (Phi) is 3.97. The van der Waals surface area contributed by atoms with E-state index in [1.54, 1.807) is 6.07 Å². The van der Waals surface area contributed by atoms with E-state index in [1.165, 1.54) is 23.1 Å². The number of halogens is 1. The highest BCUT2D eigenvalue weighted by atomic mass is 35.5. The van der Waals surface area contributed by atoms with E-state index in [9.17, 15) is 0 Å². The van der Waals surface area contributed by atoms with Crippen molar-refractivity contribution in [3.8, 4) is 0 Å². The minimum absolute atomic E-state index is 0.149. The molecule has 90 valence electrons. The molecule has 0 unspecified atom stereocenters. The number of aromatic nitrogens is 4. The molecule has 2 rings (SSSR count). The second-order valence-corrected chi connectivity index (χ2v) is 5.52. The molecule has 0 atom stereocenters. The molecule has 0 saturated heterocycles. The standard InChI is InChI=1S/C8H9ClN6S2/c1-2-11-7-14-15-8(17-7)16-5-3-4(9)12-6(10)13-5/h3H,2H2,1H3,(H,11,14)(H2,10,12,13). The van der Waals surface area contributed by atoms with Crippen LogP contribution in [0.1, 0.15) is 6.92 Å². The van der Waals surface area contributed by atoms with Crippen LogP contribution in [0.5, 0.6) is 0 Å². The topological polar surface area (TPSA) is 89.6 Å². The fraction of sp³-hybridized carbons (Fsp3) is 0.250. The zero-order valence-electron chi connectivity index (χ0n) is 8.85. The minimum Gasteiger partial charge on any atom is -0.368 e. The molecule has 0 fully saturated rings. The van der Waals surface area contributed by atoms with Crippen LogP contribution in [0.4, 0.5) is 11.1 Å². The van der Waals surface area contributed by atoms with Gasteiger partial charge in [-0.2, -0.15) is 0 Å². The van der Waals surface area contributed by atoms with Crippen LogP contribution < -0.4 is 11.1 Å². The van der Waals surface area contributed by atoms with Gasteiger partial charge in [0.05, 0.1) is 0 Å². The fourth-order valence-electron chi connectivity index (χ4n) is 1.03. The van der Waals surface area contributed by atoms with Crippen LogP contribution in [0.25, 0.3) is 0 Å². The van der Waals surface area contributed by atoms with E-state index < -0.39 is 0 Å². The number of nitrogen functional groups attached to an aromatic ring is 1. The number of nitrogens with zero attached hydrogens (tertiary/aromatic N) is 4. The summed E-state index contributed by atoms with van der Waals surface area (Å²) in [5, 5.41) is 12.8. The summed E-state index contributed by atoms with van der Waals surface area (Å²) >= 11 is 8.58. The van der Waals surface area contributed by atoms with Crippen LogP contribution in [0.15, 0.2) is 15.4 Å². The fourth-order valence-corrected chi connectivity index (χ4v) is 3.06. The predicted octanol–water partition coefficient (Wildman–Crippen LogP) is 2.15. The maximum Gasteiger partial charge on any atom is 0.222 e. The first-order valence-corrected chi connectivity index (χ1v) is 6.73. The van der Waals surface area contributed by atoms with Crippen LogP contribution >= 0.6 is 34.7 Å². The van der Waals surface area contributed by atoms with E-state index in [2.05, 4.69) is 25.5 Å². The molecule has 0 aliphatic rings. The molecule has 0 saturated carbocycles. The van der Waals surface area contributed by atoms with Gasteiger partial charge in [-0.25, -0.2) is 9.97 Å². The van der Waals surface area contributed by atoms with E-state index >= 15 is 0 Å². The number of anilines is 2. The maximum absolute atomic E-state index is 5.78. The molecule has 0 aliphatic carbocycles. The van der Waals surface area contributed by atoms with E-state index in [4.69, 9.17) is 17.3 Å². The van der Waals surface area contributed by atoms with Crippen molar-refractivity contribution in [2.45, 2.75) is 16.3 Å². The lowest BCUT2D eigenvalue weighted by Gasteiger charge is -1.98. The van der Waals surface area contributed by atoms with E-state index in [1.807, 2.05) is 6.92 Å². The summed E-state index contributed by atoms with van der Waals surface area (Å²) in [6.07, 6.45) is 0. The van der Waals surface area contributed by atoms with Gasteiger partial charge >= 0.3 is 0 Å². The summed E-state index contributed by atoms with van der Waals surface area (Å²) < 4.78 is 0.773. The Labute approximate surface area is 111 Å². The Hall–Kier alpha value is -1.12. The predicted molar refractivity (Wildman–Crippen MR) is 69.7 cm³/mol. The highest BCUT2D eigenvalue weighted by Gasteiger charge is 2.08. The zero-order valence-corrected chi connectivity index (χ0v) is 11.2. The third kappa shape index (κ3) is 3.42. The number of nitrogens with two attached hydrogens (primary N) is 1. The van der Waals surface area contributed by atoms with Crippen LogP contribution in [0.3, 0.4) is 0 Å².